The molecule has 1 heterocycles. The van der Waals surface area contributed by atoms with E-state index in [2.05, 4.69) is 51.4 Å². The highest BCUT2D eigenvalue weighted by molar-refractivity contribution is 5.80. The minimum absolute atomic E-state index is 0.0654. The molecule has 1 aromatic heterocycles. The topological polar surface area (TPSA) is 127 Å². The normalized spacial score (nSPS) is 41.1. The van der Waals surface area contributed by atoms with E-state index in [1.54, 1.807) is 7.05 Å². The summed E-state index contributed by atoms with van der Waals surface area (Å²) < 4.78 is 0. The third-order valence-electron chi connectivity index (χ3n) is 12.6. The number of aliphatic hydroxyl groups is 3. The van der Waals surface area contributed by atoms with E-state index in [4.69, 9.17) is 12.3 Å². The zero-order valence-corrected chi connectivity index (χ0v) is 25.5. The first-order valence-corrected chi connectivity index (χ1v) is 16.5. The third-order valence-corrected chi connectivity index (χ3v) is 12.6. The Balaban J connectivity index is 1.36. The Morgan fingerprint density at radius 1 is 1.09 bits per heavy atom. The standard InChI is InChI=1S/C36H48N4O3/c1-22(17-27-18-23-9-6-7-13-30(23)39-27)34-16-8-12-26(40-33(37)38-2)21-35(42)31(41)19-29-32(35)28(34)15-14-25(20-34)36(29,43)24-10-4-3-5-11-24/h6-7,9,13,18,24-26,28-29,31-32,39,41-43H,1,3-5,10-11,14-17,19-21H2,2H3,(H3,37,38,40)/t25-,26+,28-,29+,31-,32+,34-,35+,36-/m1/s1. The number of fused-ring (bicyclic) bond motifs is 2. The summed E-state index contributed by atoms with van der Waals surface area (Å²) in [4.78, 5) is 7.70. The van der Waals surface area contributed by atoms with E-state index in [1.807, 2.05) is 6.07 Å². The zero-order valence-electron chi connectivity index (χ0n) is 25.5. The average molecular weight is 585 g/mol. The number of guanidine groups is 1. The quantitative estimate of drug-likeness (QED) is 0.134. The van der Waals surface area contributed by atoms with Crippen LogP contribution in [0.5, 0.6) is 0 Å². The summed E-state index contributed by atoms with van der Waals surface area (Å²) >= 11 is 0. The van der Waals surface area contributed by atoms with Crippen molar-refractivity contribution in [3.63, 3.8) is 0 Å². The number of nitrogens with two attached hydrogens (primary N) is 1. The molecule has 6 aliphatic rings. The van der Waals surface area contributed by atoms with Gasteiger partial charge in [-0.3, -0.25) is 4.99 Å². The van der Waals surface area contributed by atoms with Gasteiger partial charge in [0.2, 0.25) is 0 Å². The highest BCUT2D eigenvalue weighted by Gasteiger charge is 2.71. The maximum Gasteiger partial charge on any atom is 0.189 e. The van der Waals surface area contributed by atoms with Gasteiger partial charge in [0.15, 0.2) is 5.96 Å². The van der Waals surface area contributed by atoms with Crippen LogP contribution >= 0.6 is 0 Å². The Labute approximate surface area is 255 Å². The Hall–Kier alpha value is -2.79. The number of aromatic nitrogens is 1. The van der Waals surface area contributed by atoms with Gasteiger partial charge in [-0.1, -0.05) is 55.5 Å². The Morgan fingerprint density at radius 2 is 1.88 bits per heavy atom. The molecule has 7 heteroatoms. The van der Waals surface area contributed by atoms with Gasteiger partial charge in [0.1, 0.15) is 0 Å². The molecule has 7 N–H and O–H groups in total. The lowest BCUT2D eigenvalue weighted by Gasteiger charge is -2.51. The number of benzene rings is 1. The molecule has 6 aliphatic carbocycles. The second kappa shape index (κ2) is 10.7. The molecule has 8 rings (SSSR count). The molecule has 5 saturated carbocycles. The summed E-state index contributed by atoms with van der Waals surface area (Å²) in [6.45, 7) is 4.80. The summed E-state index contributed by atoms with van der Waals surface area (Å²) in [5.41, 5.74) is 6.75. The second-order valence-electron chi connectivity index (χ2n) is 14.5. The number of hydrogen-bond donors (Lipinski definition) is 6. The first kappa shape index (κ1) is 29.0. The molecule has 0 saturated heterocycles. The number of H-pyrrole nitrogens is 1. The van der Waals surface area contributed by atoms with E-state index in [0.717, 1.165) is 61.7 Å². The van der Waals surface area contributed by atoms with E-state index in [9.17, 15) is 15.3 Å². The van der Waals surface area contributed by atoms with Gasteiger partial charge in [0.05, 0.1) is 23.3 Å². The highest BCUT2D eigenvalue weighted by atomic mass is 16.3. The molecular weight excluding hydrogens is 536 g/mol. The smallest absolute Gasteiger partial charge is 0.189 e. The molecule has 0 unspecified atom stereocenters. The first-order valence-electron chi connectivity index (χ1n) is 16.5. The van der Waals surface area contributed by atoms with E-state index in [0.29, 0.717) is 19.3 Å². The maximum atomic E-state index is 13.2. The van der Waals surface area contributed by atoms with Crippen LogP contribution in [0.25, 0.3) is 10.9 Å². The van der Waals surface area contributed by atoms with Gasteiger partial charge < -0.3 is 31.4 Å². The van der Waals surface area contributed by atoms with Crippen molar-refractivity contribution < 1.29 is 15.3 Å². The molecule has 230 valence electrons. The Morgan fingerprint density at radius 3 is 2.65 bits per heavy atom. The van der Waals surface area contributed by atoms with Crippen molar-refractivity contribution in [2.45, 2.75) is 100 Å². The lowest BCUT2D eigenvalue weighted by atomic mass is 9.54. The number of aliphatic imine (C=N–C) groups is 1. The fourth-order valence-corrected chi connectivity index (χ4v) is 10.7. The van der Waals surface area contributed by atoms with Crippen LogP contribution in [0.1, 0.15) is 76.3 Å². The number of nitrogens with one attached hydrogen (secondary N) is 2. The Bertz CT molecular complexity index is 1450. The first-order chi connectivity index (χ1) is 20.7. The molecule has 4 bridgehead atoms. The summed E-state index contributed by atoms with van der Waals surface area (Å²) in [5, 5.41) is 42.1. The van der Waals surface area contributed by atoms with Crippen molar-refractivity contribution in [2.24, 2.45) is 45.7 Å². The van der Waals surface area contributed by atoms with Crippen molar-refractivity contribution >= 4 is 16.9 Å². The molecule has 0 aliphatic heterocycles. The van der Waals surface area contributed by atoms with Gasteiger partial charge in [0, 0.05) is 42.9 Å². The Kier molecular flexibility index (Phi) is 7.19. The van der Waals surface area contributed by atoms with Gasteiger partial charge >= 0.3 is 0 Å². The number of allylic oxidation sites excluding steroid dienone is 1. The van der Waals surface area contributed by atoms with Gasteiger partial charge in [-0.2, -0.15) is 0 Å². The van der Waals surface area contributed by atoms with Gasteiger partial charge in [-0.15, -0.1) is 5.92 Å². The van der Waals surface area contributed by atoms with Crippen LogP contribution in [0.3, 0.4) is 0 Å². The average Bonchev–Trinajstić information content (AvgIpc) is 3.48. The van der Waals surface area contributed by atoms with Crippen LogP contribution in [0, 0.1) is 46.8 Å². The summed E-state index contributed by atoms with van der Waals surface area (Å²) in [7, 11) is 1.63. The van der Waals surface area contributed by atoms with Crippen molar-refractivity contribution in [3.05, 3.63) is 48.2 Å². The van der Waals surface area contributed by atoms with Crippen LogP contribution < -0.4 is 11.1 Å². The summed E-state index contributed by atoms with van der Waals surface area (Å²) in [5.74, 6) is 7.10. The second-order valence-corrected chi connectivity index (χ2v) is 14.5. The fourth-order valence-electron chi connectivity index (χ4n) is 10.7. The molecule has 0 spiro atoms. The van der Waals surface area contributed by atoms with Crippen molar-refractivity contribution in [1.29, 1.82) is 0 Å². The van der Waals surface area contributed by atoms with Crippen LogP contribution in [0.4, 0.5) is 0 Å². The minimum atomic E-state index is -1.41. The molecule has 2 aromatic rings. The molecule has 7 nitrogen and oxygen atoms in total. The van der Waals surface area contributed by atoms with E-state index in [-0.39, 0.29) is 47.4 Å². The maximum absolute atomic E-state index is 13.2. The highest BCUT2D eigenvalue weighted by Crippen LogP contribution is 2.69. The van der Waals surface area contributed by atoms with Crippen LogP contribution in [0.2, 0.25) is 0 Å². The van der Waals surface area contributed by atoms with Crippen LogP contribution in [-0.2, 0) is 6.42 Å². The van der Waals surface area contributed by atoms with Gasteiger partial charge in [-0.05, 0) is 85.6 Å². The number of nitrogens with zero attached hydrogens (tertiary/aromatic N) is 1. The SMILES string of the molecule is C=C(Cc1cc2ccccc2[nH]1)[C@]12CC#C[C@H](NC(N)=NC)C[C@@]3(O)[C@H]4[C@H]1CC[C@H](C2)[C@](O)(C1CCCCC1)[C@H]4C[C@H]3O. The van der Waals surface area contributed by atoms with Crippen molar-refractivity contribution in [1.82, 2.24) is 10.3 Å². The molecule has 43 heavy (non-hydrogen) atoms. The molecule has 0 radical (unpaired) electrons. The number of aromatic amines is 1. The predicted molar refractivity (Wildman–Crippen MR) is 170 cm³/mol. The molecular formula is C36H48N4O3. The van der Waals surface area contributed by atoms with E-state index >= 15 is 0 Å². The molecule has 9 atom stereocenters. The summed E-state index contributed by atoms with van der Waals surface area (Å²) in [6, 6.07) is 10.1. The largest absolute Gasteiger partial charge is 0.390 e. The lowest BCUT2D eigenvalue weighted by Crippen LogP contribution is -2.55. The number of aliphatic hydroxyl groups excluding tert-OH is 1. The van der Waals surface area contributed by atoms with Crippen molar-refractivity contribution in [2.75, 3.05) is 7.05 Å². The van der Waals surface area contributed by atoms with Crippen LogP contribution in [-0.4, -0.2) is 56.7 Å². The molecule has 0 amide bonds. The fraction of sp³-hybridized carbons (Fsp3) is 0.639. The molecule has 5 fully saturated rings. The minimum Gasteiger partial charge on any atom is -0.390 e. The van der Waals surface area contributed by atoms with Gasteiger partial charge in [0.25, 0.3) is 0 Å². The summed E-state index contributed by atoms with van der Waals surface area (Å²) in [6.07, 6.45) is 9.23. The van der Waals surface area contributed by atoms with Crippen LogP contribution in [0.15, 0.2) is 47.5 Å². The number of hydrogen-bond acceptors (Lipinski definition) is 4. The monoisotopic (exact) mass is 584 g/mol. The van der Waals surface area contributed by atoms with Crippen molar-refractivity contribution in [3.8, 4) is 11.8 Å². The zero-order chi connectivity index (χ0) is 30.0. The predicted octanol–water partition coefficient (Wildman–Crippen LogP) is 4.42. The number of rotatable bonds is 5. The molecule has 1 aromatic carbocycles. The lowest BCUT2D eigenvalue weighted by molar-refractivity contribution is -0.142. The van der Waals surface area contributed by atoms with E-state index < -0.39 is 23.3 Å². The third kappa shape index (κ3) is 4.47. The van der Waals surface area contributed by atoms with E-state index in [1.165, 1.54) is 11.8 Å². The number of para-hydroxylation sites is 1. The van der Waals surface area contributed by atoms with Gasteiger partial charge in [-0.25, -0.2) is 0 Å².